The highest BCUT2D eigenvalue weighted by molar-refractivity contribution is 6.09. The van der Waals surface area contributed by atoms with Crippen LogP contribution in [0.15, 0.2) is 77.9 Å². The van der Waals surface area contributed by atoms with Gasteiger partial charge >= 0.3 is 0 Å². The van der Waals surface area contributed by atoms with Gasteiger partial charge in [-0.3, -0.25) is 14.4 Å². The van der Waals surface area contributed by atoms with Gasteiger partial charge in [-0.2, -0.15) is 0 Å². The summed E-state index contributed by atoms with van der Waals surface area (Å²) in [6.45, 7) is 2.82. The minimum atomic E-state index is -0.961. The van der Waals surface area contributed by atoms with Crippen molar-refractivity contribution in [3.8, 4) is 5.75 Å². The zero-order chi connectivity index (χ0) is 30.8. The number of nitrogens with one attached hydrogen (secondary N) is 4. The number of nitrogens with zero attached hydrogens (tertiary/aromatic N) is 2. The number of nitrogens with two attached hydrogens (primary N) is 1. The van der Waals surface area contributed by atoms with Crippen LogP contribution in [-0.4, -0.2) is 47.9 Å². The van der Waals surface area contributed by atoms with E-state index >= 15 is 0 Å². The molecule has 0 aliphatic carbocycles. The van der Waals surface area contributed by atoms with Crippen LogP contribution in [0.3, 0.4) is 0 Å². The molecular weight excluding hydrogens is 554 g/mol. The summed E-state index contributed by atoms with van der Waals surface area (Å²) in [5.41, 5.74) is 8.31. The third kappa shape index (κ3) is 8.06. The van der Waals surface area contributed by atoms with Crippen LogP contribution in [0.25, 0.3) is 0 Å². The number of fused-ring (bicyclic) bond motifs is 2. The normalized spacial score (nSPS) is 14.7. The Balaban J connectivity index is 1.54. The SMILES string of the molecule is CCOc1ccc(CNC(=O)[C@@H](CCCNC(N)=N[N+](=O)[O-])NC(=O)C2c3ccccc3NC(=O)c3ccccc32)cc1. The van der Waals surface area contributed by atoms with Crippen molar-refractivity contribution in [2.45, 2.75) is 38.3 Å². The molecule has 0 bridgehead atoms. The second-order valence-corrected chi connectivity index (χ2v) is 9.71. The number of benzene rings is 3. The van der Waals surface area contributed by atoms with E-state index in [4.69, 9.17) is 10.5 Å². The molecule has 1 heterocycles. The summed E-state index contributed by atoms with van der Waals surface area (Å²) in [6, 6.07) is 20.2. The topological polar surface area (TPSA) is 190 Å². The Morgan fingerprint density at radius 2 is 1.74 bits per heavy atom. The van der Waals surface area contributed by atoms with Crippen molar-refractivity contribution in [1.29, 1.82) is 0 Å². The van der Waals surface area contributed by atoms with Gasteiger partial charge in [0.05, 0.1) is 12.5 Å². The number of amides is 3. The highest BCUT2D eigenvalue weighted by atomic mass is 16.7. The van der Waals surface area contributed by atoms with Crippen molar-refractivity contribution in [3.63, 3.8) is 0 Å². The second kappa shape index (κ2) is 14.4. The molecule has 224 valence electrons. The molecule has 43 heavy (non-hydrogen) atoms. The first kappa shape index (κ1) is 30.5. The Morgan fingerprint density at radius 3 is 2.47 bits per heavy atom. The molecule has 0 aromatic heterocycles. The van der Waals surface area contributed by atoms with Crippen LogP contribution >= 0.6 is 0 Å². The quantitative estimate of drug-likeness (QED) is 0.0702. The molecule has 1 unspecified atom stereocenters. The summed E-state index contributed by atoms with van der Waals surface area (Å²) in [7, 11) is 0. The molecule has 1 aliphatic heterocycles. The number of hydrogen-bond donors (Lipinski definition) is 5. The van der Waals surface area contributed by atoms with E-state index in [1.165, 1.54) is 0 Å². The largest absolute Gasteiger partial charge is 0.494 e. The number of rotatable bonds is 12. The predicted octanol–water partition coefficient (Wildman–Crippen LogP) is 2.46. The molecule has 2 atom stereocenters. The van der Waals surface area contributed by atoms with Crippen LogP contribution in [0, 0.1) is 10.1 Å². The lowest BCUT2D eigenvalue weighted by Crippen LogP contribution is -2.48. The van der Waals surface area contributed by atoms with Crippen LogP contribution < -0.4 is 31.7 Å². The molecule has 3 aromatic rings. The molecule has 4 rings (SSSR count). The van der Waals surface area contributed by atoms with Gasteiger partial charge in [0.1, 0.15) is 16.9 Å². The Labute approximate surface area is 248 Å². The smallest absolute Gasteiger partial charge is 0.266 e. The molecule has 0 fully saturated rings. The van der Waals surface area contributed by atoms with Gasteiger partial charge in [0.15, 0.2) is 5.03 Å². The zero-order valence-electron chi connectivity index (χ0n) is 23.5. The van der Waals surface area contributed by atoms with Crippen LogP contribution in [-0.2, 0) is 16.1 Å². The minimum absolute atomic E-state index is 0.176. The summed E-state index contributed by atoms with van der Waals surface area (Å²) in [5.74, 6) is -1.73. The van der Waals surface area contributed by atoms with E-state index in [1.807, 2.05) is 31.2 Å². The van der Waals surface area contributed by atoms with Crippen molar-refractivity contribution in [1.82, 2.24) is 16.0 Å². The molecule has 13 nitrogen and oxygen atoms in total. The average Bonchev–Trinajstić information content (AvgIpc) is 3.11. The third-order valence-electron chi connectivity index (χ3n) is 6.80. The summed E-state index contributed by atoms with van der Waals surface area (Å²) in [4.78, 5) is 50.9. The molecule has 6 N–H and O–H groups in total. The van der Waals surface area contributed by atoms with Gasteiger partial charge in [-0.1, -0.05) is 48.5 Å². The number of ether oxygens (including phenoxy) is 1. The van der Waals surface area contributed by atoms with Crippen molar-refractivity contribution in [3.05, 3.63) is 105 Å². The summed E-state index contributed by atoms with van der Waals surface area (Å²) in [5, 5.41) is 23.9. The minimum Gasteiger partial charge on any atom is -0.494 e. The highest BCUT2D eigenvalue weighted by Gasteiger charge is 2.34. The molecule has 0 radical (unpaired) electrons. The first-order valence-corrected chi connectivity index (χ1v) is 13.8. The predicted molar refractivity (Wildman–Crippen MR) is 160 cm³/mol. The van der Waals surface area contributed by atoms with E-state index < -0.39 is 28.8 Å². The van der Waals surface area contributed by atoms with Crippen molar-refractivity contribution >= 4 is 29.4 Å². The third-order valence-corrected chi connectivity index (χ3v) is 6.80. The maximum absolute atomic E-state index is 14.0. The number of hydrogen-bond acceptors (Lipinski definition) is 6. The summed E-state index contributed by atoms with van der Waals surface area (Å²) < 4.78 is 5.46. The lowest BCUT2D eigenvalue weighted by molar-refractivity contribution is -0.485. The second-order valence-electron chi connectivity index (χ2n) is 9.71. The number of anilines is 1. The van der Waals surface area contributed by atoms with Crippen LogP contribution in [0.1, 0.15) is 52.7 Å². The monoisotopic (exact) mass is 587 g/mol. The average molecular weight is 588 g/mol. The van der Waals surface area contributed by atoms with Gasteiger partial charge in [-0.25, -0.2) is 10.1 Å². The van der Waals surface area contributed by atoms with E-state index in [9.17, 15) is 24.5 Å². The Hall–Kier alpha value is -5.46. The van der Waals surface area contributed by atoms with E-state index in [1.54, 1.807) is 48.5 Å². The van der Waals surface area contributed by atoms with E-state index in [-0.39, 0.29) is 31.4 Å². The van der Waals surface area contributed by atoms with E-state index in [0.29, 0.717) is 41.2 Å². The highest BCUT2D eigenvalue weighted by Crippen LogP contribution is 2.36. The van der Waals surface area contributed by atoms with Crippen molar-refractivity contribution < 1.29 is 24.2 Å². The van der Waals surface area contributed by atoms with Crippen LogP contribution in [0.4, 0.5) is 5.69 Å². The molecule has 0 saturated heterocycles. The lowest BCUT2D eigenvalue weighted by Gasteiger charge is -2.24. The Morgan fingerprint density at radius 1 is 1.05 bits per heavy atom. The fourth-order valence-electron chi connectivity index (χ4n) is 4.81. The van der Waals surface area contributed by atoms with Gasteiger partial charge in [0.2, 0.25) is 11.8 Å². The Bertz CT molecular complexity index is 1510. The standard InChI is InChI=1S/C30H33N7O6/c1-2-43-20-15-13-19(14-16-20)18-33-28(39)25(12-7-17-32-30(31)36-37(41)42)35-29(40)26-21-8-3-4-9-22(21)27(38)34-24-11-6-5-10-23(24)26/h3-6,8-11,13-16,25-26H,2,7,12,17-18H2,1H3,(H,33,39)(H,34,38)(H,35,40)(H3,31,32,36)/t25-,26?/m1/s1. The Kier molecular flexibility index (Phi) is 10.2. The number of nitro groups is 1. The zero-order valence-corrected chi connectivity index (χ0v) is 23.5. The molecule has 0 saturated carbocycles. The van der Waals surface area contributed by atoms with Crippen LogP contribution in [0.2, 0.25) is 0 Å². The number of carbonyl (C=O) groups excluding carboxylic acids is 3. The number of para-hydroxylation sites is 1. The van der Waals surface area contributed by atoms with Gasteiger partial charge in [0.25, 0.3) is 11.9 Å². The first-order chi connectivity index (χ1) is 20.8. The molecule has 3 amide bonds. The molecule has 13 heteroatoms. The number of guanidine groups is 1. The van der Waals surface area contributed by atoms with Crippen LogP contribution in [0.5, 0.6) is 5.75 Å². The van der Waals surface area contributed by atoms with Crippen molar-refractivity contribution in [2.75, 3.05) is 18.5 Å². The summed E-state index contributed by atoms with van der Waals surface area (Å²) in [6.07, 6.45) is 0.514. The maximum atomic E-state index is 14.0. The molecule has 3 aromatic carbocycles. The molecular formula is C30H33N7O6. The first-order valence-electron chi connectivity index (χ1n) is 13.8. The fraction of sp³-hybridized carbons (Fsp3) is 0.267. The summed E-state index contributed by atoms with van der Waals surface area (Å²) >= 11 is 0. The van der Waals surface area contributed by atoms with Crippen molar-refractivity contribution in [2.24, 2.45) is 10.8 Å². The molecule has 1 aliphatic rings. The van der Waals surface area contributed by atoms with Gasteiger partial charge in [-0.15, -0.1) is 0 Å². The van der Waals surface area contributed by atoms with E-state index in [0.717, 1.165) is 5.56 Å². The fourth-order valence-corrected chi connectivity index (χ4v) is 4.81. The van der Waals surface area contributed by atoms with Gasteiger partial charge in [0, 0.05) is 24.3 Å². The van der Waals surface area contributed by atoms with Gasteiger partial charge < -0.3 is 31.7 Å². The lowest BCUT2D eigenvalue weighted by atomic mass is 9.87. The number of hydrazone groups is 1. The number of carbonyl (C=O) groups is 3. The molecule has 0 spiro atoms. The van der Waals surface area contributed by atoms with Gasteiger partial charge in [-0.05, 0) is 60.7 Å². The maximum Gasteiger partial charge on any atom is 0.266 e. The van der Waals surface area contributed by atoms with E-state index in [2.05, 4.69) is 26.4 Å².